The molecule has 0 spiro atoms. The number of hydrogen-bond acceptors (Lipinski definition) is 6. The molecule has 2 rings (SSSR count). The van der Waals surface area contributed by atoms with Gasteiger partial charge in [-0.3, -0.25) is 5.84 Å². The maximum Gasteiger partial charge on any atom is 0.115 e. The monoisotopic (exact) mass is 233 g/mol. The fourth-order valence-electron chi connectivity index (χ4n) is 1.69. The molecule has 0 aliphatic carbocycles. The molecule has 0 aliphatic heterocycles. The van der Waals surface area contributed by atoms with Crippen LogP contribution in [0.2, 0.25) is 0 Å². The molecule has 0 saturated heterocycles. The Hall–Kier alpha value is -1.86. The lowest BCUT2D eigenvalue weighted by molar-refractivity contribution is 0.510. The van der Waals surface area contributed by atoms with Crippen molar-refractivity contribution in [1.82, 2.24) is 30.4 Å². The van der Waals surface area contributed by atoms with Crippen LogP contribution in [0.3, 0.4) is 0 Å². The molecule has 90 valence electrons. The second-order valence-electron chi connectivity index (χ2n) is 3.65. The fraction of sp³-hybridized carbons (Fsp3) is 0.400. The Labute approximate surface area is 99.0 Å². The van der Waals surface area contributed by atoms with Crippen molar-refractivity contribution in [3.63, 3.8) is 0 Å². The molecule has 1 unspecified atom stereocenters. The lowest BCUT2D eigenvalue weighted by Crippen LogP contribution is -2.31. The lowest BCUT2D eigenvalue weighted by atomic mass is 10.1. The third kappa shape index (κ3) is 2.45. The molecule has 0 fully saturated rings. The summed E-state index contributed by atoms with van der Waals surface area (Å²) in [6.07, 6.45) is 7.62. The van der Waals surface area contributed by atoms with E-state index in [-0.39, 0.29) is 6.04 Å². The Morgan fingerprint density at radius 2 is 2.12 bits per heavy atom. The Bertz CT molecular complexity index is 453. The smallest absolute Gasteiger partial charge is 0.115 e. The van der Waals surface area contributed by atoms with Crippen molar-refractivity contribution < 1.29 is 0 Å². The van der Waals surface area contributed by atoms with Crippen molar-refractivity contribution in [3.8, 4) is 0 Å². The highest BCUT2D eigenvalue weighted by Gasteiger charge is 2.17. The zero-order chi connectivity index (χ0) is 12.1. The summed E-state index contributed by atoms with van der Waals surface area (Å²) in [4.78, 5) is 7.96. The van der Waals surface area contributed by atoms with Crippen molar-refractivity contribution in [1.29, 1.82) is 0 Å². The van der Waals surface area contributed by atoms with Crippen molar-refractivity contribution in [2.24, 2.45) is 5.84 Å². The number of nitrogens with one attached hydrogen (secondary N) is 1. The van der Waals surface area contributed by atoms with E-state index in [4.69, 9.17) is 5.84 Å². The number of hydrogen-bond donors (Lipinski definition) is 2. The Morgan fingerprint density at radius 1 is 1.35 bits per heavy atom. The maximum absolute atomic E-state index is 5.59. The molecule has 7 heteroatoms. The second-order valence-corrected chi connectivity index (χ2v) is 3.65. The molecule has 17 heavy (non-hydrogen) atoms. The zero-order valence-corrected chi connectivity index (χ0v) is 9.61. The van der Waals surface area contributed by atoms with Gasteiger partial charge in [0.2, 0.25) is 0 Å². The molecule has 0 aliphatic rings. The molecule has 2 heterocycles. The summed E-state index contributed by atoms with van der Waals surface area (Å²) in [5.74, 6) is 5.59. The van der Waals surface area contributed by atoms with E-state index in [9.17, 15) is 0 Å². The highest BCUT2D eigenvalue weighted by atomic mass is 15.4. The van der Waals surface area contributed by atoms with Crippen LogP contribution >= 0.6 is 0 Å². The third-order valence-electron chi connectivity index (χ3n) is 2.46. The van der Waals surface area contributed by atoms with E-state index in [1.165, 1.54) is 6.33 Å². The molecule has 3 N–H and O–H groups in total. The minimum Gasteiger partial charge on any atom is -0.271 e. The standard InChI is InChI=1S/C10H15N7/c1-2-3-17-9(6-14-16-17)10(15-11)8-4-12-7-13-5-8/h4-7,10,15H,2-3,11H2,1H3. The van der Waals surface area contributed by atoms with Gasteiger partial charge < -0.3 is 0 Å². The summed E-state index contributed by atoms with van der Waals surface area (Å²) < 4.78 is 1.83. The van der Waals surface area contributed by atoms with Crippen LogP contribution in [0.1, 0.15) is 30.6 Å². The highest BCUT2D eigenvalue weighted by molar-refractivity contribution is 5.20. The normalized spacial score (nSPS) is 12.6. The summed E-state index contributed by atoms with van der Waals surface area (Å²) in [5.41, 5.74) is 4.53. The van der Waals surface area contributed by atoms with Gasteiger partial charge in [0, 0.05) is 24.5 Å². The first-order valence-electron chi connectivity index (χ1n) is 5.46. The molecular weight excluding hydrogens is 218 g/mol. The average molecular weight is 233 g/mol. The molecule has 0 amide bonds. The summed E-state index contributed by atoms with van der Waals surface area (Å²) >= 11 is 0. The average Bonchev–Trinajstić information content (AvgIpc) is 2.81. The van der Waals surface area contributed by atoms with E-state index < -0.39 is 0 Å². The van der Waals surface area contributed by atoms with Gasteiger partial charge in [-0.25, -0.2) is 20.1 Å². The molecule has 0 radical (unpaired) electrons. The molecular formula is C10H15N7. The lowest BCUT2D eigenvalue weighted by Gasteiger charge is -2.16. The number of aromatic nitrogens is 5. The number of nitrogens with two attached hydrogens (primary N) is 1. The Balaban J connectivity index is 2.32. The SMILES string of the molecule is CCCn1nncc1C(NN)c1cncnc1. The molecule has 2 aromatic rings. The van der Waals surface area contributed by atoms with Gasteiger partial charge in [-0.2, -0.15) is 0 Å². The van der Waals surface area contributed by atoms with E-state index in [1.54, 1.807) is 18.6 Å². The third-order valence-corrected chi connectivity index (χ3v) is 2.46. The van der Waals surface area contributed by atoms with Crippen LogP contribution in [0.4, 0.5) is 0 Å². The molecule has 0 aromatic carbocycles. The largest absolute Gasteiger partial charge is 0.271 e. The molecule has 1 atom stereocenters. The summed E-state index contributed by atoms with van der Waals surface area (Å²) in [6.45, 7) is 2.89. The predicted octanol–water partition coefficient (Wildman–Crippen LogP) is 0.0308. The summed E-state index contributed by atoms with van der Waals surface area (Å²) in [5, 5.41) is 7.94. The maximum atomic E-state index is 5.59. The van der Waals surface area contributed by atoms with Crippen LogP contribution in [-0.4, -0.2) is 25.0 Å². The van der Waals surface area contributed by atoms with Gasteiger partial charge in [-0.15, -0.1) is 5.10 Å². The minimum absolute atomic E-state index is 0.197. The quantitative estimate of drug-likeness (QED) is 0.559. The van der Waals surface area contributed by atoms with E-state index >= 15 is 0 Å². The summed E-state index contributed by atoms with van der Waals surface area (Å²) in [7, 11) is 0. The molecule has 7 nitrogen and oxygen atoms in total. The van der Waals surface area contributed by atoms with E-state index in [1.807, 2.05) is 4.68 Å². The first-order chi connectivity index (χ1) is 8.36. The van der Waals surface area contributed by atoms with Gasteiger partial charge in [-0.1, -0.05) is 12.1 Å². The molecule has 0 saturated carbocycles. The summed E-state index contributed by atoms with van der Waals surface area (Å²) in [6, 6.07) is -0.197. The second kappa shape index (κ2) is 5.46. The number of aryl methyl sites for hydroxylation is 1. The number of rotatable bonds is 5. The number of hydrazine groups is 1. The van der Waals surface area contributed by atoms with Crippen molar-refractivity contribution in [3.05, 3.63) is 36.2 Å². The minimum atomic E-state index is -0.197. The van der Waals surface area contributed by atoms with Crippen LogP contribution in [0, 0.1) is 0 Å². The van der Waals surface area contributed by atoms with Gasteiger partial charge in [0.15, 0.2) is 0 Å². The first kappa shape index (κ1) is 11.6. The Kier molecular flexibility index (Phi) is 3.73. The van der Waals surface area contributed by atoms with E-state index in [0.717, 1.165) is 24.2 Å². The van der Waals surface area contributed by atoms with Gasteiger partial charge in [-0.05, 0) is 6.42 Å². The topological polar surface area (TPSA) is 94.5 Å². The van der Waals surface area contributed by atoms with Gasteiger partial charge >= 0.3 is 0 Å². The first-order valence-corrected chi connectivity index (χ1v) is 5.46. The van der Waals surface area contributed by atoms with E-state index in [0.29, 0.717) is 0 Å². The number of nitrogens with zero attached hydrogens (tertiary/aromatic N) is 5. The van der Waals surface area contributed by atoms with Crippen LogP contribution in [0.5, 0.6) is 0 Å². The Morgan fingerprint density at radius 3 is 2.76 bits per heavy atom. The van der Waals surface area contributed by atoms with Gasteiger partial charge in [0.1, 0.15) is 6.33 Å². The predicted molar refractivity (Wildman–Crippen MR) is 61.5 cm³/mol. The van der Waals surface area contributed by atoms with Crippen molar-refractivity contribution >= 4 is 0 Å². The fourth-order valence-corrected chi connectivity index (χ4v) is 1.69. The molecule has 2 aromatic heterocycles. The van der Waals surface area contributed by atoms with Crippen molar-refractivity contribution in [2.45, 2.75) is 25.9 Å². The van der Waals surface area contributed by atoms with Gasteiger partial charge in [0.25, 0.3) is 0 Å². The molecule has 0 bridgehead atoms. The van der Waals surface area contributed by atoms with Crippen LogP contribution in [0.15, 0.2) is 24.9 Å². The van der Waals surface area contributed by atoms with Crippen LogP contribution in [0.25, 0.3) is 0 Å². The van der Waals surface area contributed by atoms with Gasteiger partial charge in [0.05, 0.1) is 17.9 Å². The van der Waals surface area contributed by atoms with Crippen LogP contribution < -0.4 is 11.3 Å². The highest BCUT2D eigenvalue weighted by Crippen LogP contribution is 2.18. The van der Waals surface area contributed by atoms with E-state index in [2.05, 4.69) is 32.6 Å². The van der Waals surface area contributed by atoms with Crippen LogP contribution in [-0.2, 0) is 6.54 Å². The zero-order valence-electron chi connectivity index (χ0n) is 9.61. The van der Waals surface area contributed by atoms with Crippen molar-refractivity contribution in [2.75, 3.05) is 0 Å².